The number of hydrogen-bond donors (Lipinski definition) is 0. The second-order valence-electron chi connectivity index (χ2n) is 7.78. The Morgan fingerprint density at radius 2 is 2.17 bits per heavy atom. The molecular formula is C18H27N3O3. The SMILES string of the molecule is Cn1ccc(C(=O)N2CCC3(CC2)CO[C@@H](COCC2CC2)C3)n1. The molecule has 6 heteroatoms. The minimum atomic E-state index is 0.0497. The van der Waals surface area contributed by atoms with E-state index in [1.807, 2.05) is 18.1 Å². The van der Waals surface area contributed by atoms with Crippen molar-refractivity contribution in [3.63, 3.8) is 0 Å². The normalized spacial score (nSPS) is 26.2. The van der Waals surface area contributed by atoms with Crippen molar-refractivity contribution in [2.24, 2.45) is 18.4 Å². The van der Waals surface area contributed by atoms with E-state index in [1.54, 1.807) is 10.7 Å². The summed E-state index contributed by atoms with van der Waals surface area (Å²) in [5.74, 6) is 0.856. The zero-order valence-corrected chi connectivity index (χ0v) is 14.4. The van der Waals surface area contributed by atoms with Crippen molar-refractivity contribution in [3.05, 3.63) is 18.0 Å². The number of hydrogen-bond acceptors (Lipinski definition) is 4. The molecule has 0 N–H and O–H groups in total. The number of likely N-dealkylation sites (tertiary alicyclic amines) is 1. The lowest BCUT2D eigenvalue weighted by Crippen LogP contribution is -2.43. The summed E-state index contributed by atoms with van der Waals surface area (Å²) < 4.78 is 13.5. The number of piperidine rings is 1. The van der Waals surface area contributed by atoms with Crippen LogP contribution in [0.3, 0.4) is 0 Å². The van der Waals surface area contributed by atoms with Gasteiger partial charge in [-0.05, 0) is 49.5 Å². The van der Waals surface area contributed by atoms with Gasteiger partial charge in [0.25, 0.3) is 5.91 Å². The monoisotopic (exact) mass is 333 g/mol. The zero-order chi connectivity index (χ0) is 16.6. The Hall–Kier alpha value is -1.40. The fourth-order valence-electron chi connectivity index (χ4n) is 3.88. The van der Waals surface area contributed by atoms with E-state index in [2.05, 4.69) is 5.10 Å². The Morgan fingerprint density at radius 3 is 2.83 bits per heavy atom. The summed E-state index contributed by atoms with van der Waals surface area (Å²) in [6.07, 6.45) is 7.82. The molecule has 1 spiro atoms. The first-order valence-electron chi connectivity index (χ1n) is 9.12. The third kappa shape index (κ3) is 3.49. The van der Waals surface area contributed by atoms with Crippen LogP contribution >= 0.6 is 0 Å². The number of aromatic nitrogens is 2. The predicted octanol–water partition coefficient (Wildman–Crippen LogP) is 1.86. The number of carbonyl (C=O) groups is 1. The lowest BCUT2D eigenvalue weighted by molar-refractivity contribution is 0.00936. The van der Waals surface area contributed by atoms with Crippen LogP contribution in [0.1, 0.15) is 42.6 Å². The molecule has 4 rings (SSSR count). The molecule has 1 amide bonds. The number of aryl methyl sites for hydroxylation is 1. The van der Waals surface area contributed by atoms with Crippen molar-refractivity contribution in [2.45, 2.75) is 38.2 Å². The maximum absolute atomic E-state index is 12.5. The van der Waals surface area contributed by atoms with Gasteiger partial charge in [0, 0.05) is 32.9 Å². The van der Waals surface area contributed by atoms with Gasteiger partial charge in [0.2, 0.25) is 0 Å². The quantitative estimate of drug-likeness (QED) is 0.825. The van der Waals surface area contributed by atoms with E-state index in [-0.39, 0.29) is 17.4 Å². The largest absolute Gasteiger partial charge is 0.378 e. The van der Waals surface area contributed by atoms with Crippen molar-refractivity contribution in [3.8, 4) is 0 Å². The van der Waals surface area contributed by atoms with Gasteiger partial charge >= 0.3 is 0 Å². The van der Waals surface area contributed by atoms with Crippen molar-refractivity contribution in [1.29, 1.82) is 0 Å². The highest BCUT2D eigenvalue weighted by molar-refractivity contribution is 5.92. The molecule has 1 aliphatic carbocycles. The van der Waals surface area contributed by atoms with Gasteiger partial charge in [-0.3, -0.25) is 9.48 Å². The first-order chi connectivity index (χ1) is 11.6. The van der Waals surface area contributed by atoms with Crippen molar-refractivity contribution < 1.29 is 14.3 Å². The molecule has 1 saturated carbocycles. The number of ether oxygens (including phenoxy) is 2. The van der Waals surface area contributed by atoms with Crippen LogP contribution < -0.4 is 0 Å². The maximum atomic E-state index is 12.5. The Labute approximate surface area is 143 Å². The average Bonchev–Trinajstić information content (AvgIpc) is 3.18. The lowest BCUT2D eigenvalue weighted by atomic mass is 9.76. The molecule has 3 heterocycles. The first-order valence-corrected chi connectivity index (χ1v) is 9.12. The maximum Gasteiger partial charge on any atom is 0.274 e. The summed E-state index contributed by atoms with van der Waals surface area (Å²) in [5, 5.41) is 4.22. The molecule has 0 unspecified atom stereocenters. The van der Waals surface area contributed by atoms with E-state index in [9.17, 15) is 4.79 Å². The van der Waals surface area contributed by atoms with Gasteiger partial charge in [-0.25, -0.2) is 0 Å². The van der Waals surface area contributed by atoms with Gasteiger partial charge in [-0.1, -0.05) is 0 Å². The van der Waals surface area contributed by atoms with Gasteiger partial charge in [-0.15, -0.1) is 0 Å². The van der Waals surface area contributed by atoms with Crippen LogP contribution in [-0.2, 0) is 16.5 Å². The summed E-state index contributed by atoms with van der Waals surface area (Å²) in [4.78, 5) is 14.4. The fraction of sp³-hybridized carbons (Fsp3) is 0.778. The van der Waals surface area contributed by atoms with E-state index >= 15 is 0 Å². The van der Waals surface area contributed by atoms with Crippen LogP contribution in [0, 0.1) is 11.3 Å². The average molecular weight is 333 g/mol. The summed E-state index contributed by atoms with van der Waals surface area (Å²) in [5.41, 5.74) is 0.789. The Bertz CT molecular complexity index is 588. The first kappa shape index (κ1) is 16.1. The standard InChI is InChI=1S/C18H27N3O3/c1-20-7-4-16(19-20)17(22)21-8-5-18(6-9-21)10-15(24-13-18)12-23-11-14-2-3-14/h4,7,14-15H,2-3,5-6,8-13H2,1H3/t15-/m1/s1. The van der Waals surface area contributed by atoms with Crippen LogP contribution in [0.4, 0.5) is 0 Å². The minimum Gasteiger partial charge on any atom is -0.378 e. The van der Waals surface area contributed by atoms with Crippen LogP contribution in [0.25, 0.3) is 0 Å². The highest BCUT2D eigenvalue weighted by Crippen LogP contribution is 2.42. The second kappa shape index (κ2) is 6.48. The lowest BCUT2D eigenvalue weighted by Gasteiger charge is -2.38. The molecule has 2 aliphatic heterocycles. The summed E-state index contributed by atoms with van der Waals surface area (Å²) in [6, 6.07) is 1.79. The smallest absolute Gasteiger partial charge is 0.274 e. The van der Waals surface area contributed by atoms with Crippen LogP contribution in [0.5, 0.6) is 0 Å². The van der Waals surface area contributed by atoms with Crippen LogP contribution in [0.2, 0.25) is 0 Å². The fourth-order valence-corrected chi connectivity index (χ4v) is 3.88. The third-order valence-electron chi connectivity index (χ3n) is 5.68. The molecule has 24 heavy (non-hydrogen) atoms. The molecule has 6 nitrogen and oxygen atoms in total. The number of carbonyl (C=O) groups excluding carboxylic acids is 1. The van der Waals surface area contributed by atoms with Crippen molar-refractivity contribution >= 4 is 5.91 Å². The molecular weight excluding hydrogens is 306 g/mol. The number of rotatable bonds is 5. The van der Waals surface area contributed by atoms with Crippen molar-refractivity contribution in [2.75, 3.05) is 32.9 Å². The molecule has 1 aromatic rings. The van der Waals surface area contributed by atoms with Gasteiger partial charge in [0.1, 0.15) is 5.69 Å². The van der Waals surface area contributed by atoms with E-state index < -0.39 is 0 Å². The van der Waals surface area contributed by atoms with Crippen molar-refractivity contribution in [1.82, 2.24) is 14.7 Å². The molecule has 132 valence electrons. The summed E-state index contributed by atoms with van der Waals surface area (Å²) in [6.45, 7) is 4.05. The second-order valence-corrected chi connectivity index (χ2v) is 7.78. The van der Waals surface area contributed by atoms with Gasteiger partial charge < -0.3 is 14.4 Å². The highest BCUT2D eigenvalue weighted by atomic mass is 16.5. The van der Waals surface area contributed by atoms with Crippen LogP contribution in [-0.4, -0.2) is 59.6 Å². The summed E-state index contributed by atoms with van der Waals surface area (Å²) >= 11 is 0. The summed E-state index contributed by atoms with van der Waals surface area (Å²) in [7, 11) is 1.84. The molecule has 0 radical (unpaired) electrons. The topological polar surface area (TPSA) is 56.6 Å². The third-order valence-corrected chi connectivity index (χ3v) is 5.68. The molecule has 0 aromatic carbocycles. The Kier molecular flexibility index (Phi) is 4.35. The minimum absolute atomic E-state index is 0.0497. The highest BCUT2D eigenvalue weighted by Gasteiger charge is 2.43. The molecule has 0 bridgehead atoms. The van der Waals surface area contributed by atoms with Crippen LogP contribution in [0.15, 0.2) is 12.3 Å². The molecule has 1 aromatic heterocycles. The van der Waals surface area contributed by atoms with E-state index in [4.69, 9.17) is 9.47 Å². The van der Waals surface area contributed by atoms with E-state index in [0.29, 0.717) is 5.69 Å². The molecule has 3 aliphatic rings. The number of amides is 1. The van der Waals surface area contributed by atoms with Gasteiger partial charge in [0.05, 0.1) is 19.3 Å². The molecule has 3 fully saturated rings. The Balaban J connectivity index is 1.25. The van der Waals surface area contributed by atoms with Gasteiger partial charge in [0.15, 0.2) is 0 Å². The molecule has 2 saturated heterocycles. The van der Waals surface area contributed by atoms with E-state index in [0.717, 1.165) is 58.1 Å². The number of nitrogens with zero attached hydrogens (tertiary/aromatic N) is 3. The van der Waals surface area contributed by atoms with Gasteiger partial charge in [-0.2, -0.15) is 5.10 Å². The van der Waals surface area contributed by atoms with E-state index in [1.165, 1.54) is 12.8 Å². The Morgan fingerprint density at radius 1 is 1.38 bits per heavy atom. The zero-order valence-electron chi connectivity index (χ0n) is 14.4. The predicted molar refractivity (Wildman–Crippen MR) is 88.7 cm³/mol. The molecule has 1 atom stereocenters.